The van der Waals surface area contributed by atoms with Crippen LogP contribution in [0.3, 0.4) is 0 Å². The Morgan fingerprint density at radius 3 is 1.92 bits per heavy atom. The number of halogens is 2. The third-order valence-electron chi connectivity index (χ3n) is 6.09. The van der Waals surface area contributed by atoms with Gasteiger partial charge in [0, 0.05) is 44.1 Å². The van der Waals surface area contributed by atoms with Gasteiger partial charge in [0.1, 0.15) is 11.6 Å². The number of aliphatic imine (C=N–C) groups is 1. The summed E-state index contributed by atoms with van der Waals surface area (Å²) in [7, 11) is 0. The fourth-order valence-electron chi connectivity index (χ4n) is 4.44. The smallest absolute Gasteiger partial charge is 0.229 e. The molecule has 1 aliphatic rings. The lowest BCUT2D eigenvalue weighted by Gasteiger charge is -2.40. The van der Waals surface area contributed by atoms with Crippen molar-refractivity contribution in [2.75, 3.05) is 38.0 Å². The number of thiocarbonyl (C=S) groups is 1. The second-order valence-corrected chi connectivity index (χ2v) is 9.29. The molecule has 0 atom stereocenters. The van der Waals surface area contributed by atoms with E-state index in [2.05, 4.69) is 35.4 Å². The average Bonchev–Trinajstić information content (AvgIpc) is 2.86. The van der Waals surface area contributed by atoms with Gasteiger partial charge in [-0.05, 0) is 74.4 Å². The Morgan fingerprint density at radius 2 is 1.43 bits per heavy atom. The summed E-state index contributed by atoms with van der Waals surface area (Å²) < 4.78 is 27.3. The van der Waals surface area contributed by atoms with E-state index < -0.39 is 0 Å². The number of rotatable bonds is 5. The lowest BCUT2D eigenvalue weighted by Crippen LogP contribution is -2.52. The summed E-state index contributed by atoms with van der Waals surface area (Å²) in [6.45, 7) is 9.18. The van der Waals surface area contributed by atoms with E-state index in [1.165, 1.54) is 24.3 Å². The van der Waals surface area contributed by atoms with Crippen LogP contribution in [0.4, 0.5) is 14.7 Å². The Hall–Kier alpha value is -3.50. The second-order valence-electron chi connectivity index (χ2n) is 8.90. The van der Waals surface area contributed by atoms with E-state index in [0.717, 1.165) is 22.5 Å². The molecular weight excluding hydrogens is 492 g/mol. The van der Waals surface area contributed by atoms with Crippen molar-refractivity contribution < 1.29 is 8.78 Å². The molecule has 0 bridgehead atoms. The van der Waals surface area contributed by atoms with Crippen molar-refractivity contribution in [2.45, 2.75) is 26.8 Å². The number of benzene rings is 2. The zero-order valence-corrected chi connectivity index (χ0v) is 22.0. The minimum absolute atomic E-state index is 0.137. The highest BCUT2D eigenvalue weighted by Crippen LogP contribution is 2.30. The van der Waals surface area contributed by atoms with Crippen molar-refractivity contribution in [3.63, 3.8) is 0 Å². The normalized spacial score (nSPS) is 14.6. The Balaban J connectivity index is 1.56. The zero-order chi connectivity index (χ0) is 26.4. The van der Waals surface area contributed by atoms with E-state index in [1.807, 2.05) is 26.8 Å². The van der Waals surface area contributed by atoms with Gasteiger partial charge in [0.05, 0.1) is 6.04 Å². The quantitative estimate of drug-likeness (QED) is 0.291. The number of anilines is 1. The summed E-state index contributed by atoms with van der Waals surface area (Å²) in [4.78, 5) is 18.0. The lowest BCUT2D eigenvalue weighted by molar-refractivity contribution is 0.150. The van der Waals surface area contributed by atoms with Crippen LogP contribution in [0.5, 0.6) is 0 Å². The molecule has 0 spiro atoms. The fourth-order valence-corrected chi connectivity index (χ4v) is 4.67. The van der Waals surface area contributed by atoms with E-state index in [9.17, 15) is 8.78 Å². The maximum absolute atomic E-state index is 13.7. The molecule has 4 rings (SSSR count). The van der Waals surface area contributed by atoms with Crippen LogP contribution in [-0.2, 0) is 0 Å². The van der Waals surface area contributed by atoms with Gasteiger partial charge in [0.25, 0.3) is 0 Å². The minimum atomic E-state index is -0.288. The molecular formula is C27H31F2N7S. The average molecular weight is 524 g/mol. The summed E-state index contributed by atoms with van der Waals surface area (Å²) in [5.74, 6) is 0.469. The van der Waals surface area contributed by atoms with Crippen molar-refractivity contribution in [1.29, 1.82) is 0 Å². The van der Waals surface area contributed by atoms with Gasteiger partial charge < -0.3 is 10.2 Å². The number of piperazine rings is 1. The number of guanidine groups is 1. The minimum Gasteiger partial charge on any atom is -0.361 e. The van der Waals surface area contributed by atoms with Gasteiger partial charge >= 0.3 is 0 Å². The third kappa shape index (κ3) is 7.05. The predicted octanol–water partition coefficient (Wildman–Crippen LogP) is 4.44. The molecule has 1 aliphatic heterocycles. The van der Waals surface area contributed by atoms with Gasteiger partial charge in [-0.2, -0.15) is 4.99 Å². The van der Waals surface area contributed by atoms with Crippen molar-refractivity contribution in [3.05, 3.63) is 88.7 Å². The molecule has 0 radical (unpaired) electrons. The Kier molecular flexibility index (Phi) is 8.73. The van der Waals surface area contributed by atoms with Crippen molar-refractivity contribution in [3.8, 4) is 0 Å². The first-order valence-electron chi connectivity index (χ1n) is 12.3. The number of nitrogens with zero attached hydrogens (tertiary/aromatic N) is 5. The molecule has 0 amide bonds. The first-order valence-corrected chi connectivity index (χ1v) is 12.7. The van der Waals surface area contributed by atoms with Crippen LogP contribution >= 0.6 is 12.2 Å². The van der Waals surface area contributed by atoms with Crippen LogP contribution in [0.1, 0.15) is 35.5 Å². The Bertz CT molecular complexity index is 1170. The van der Waals surface area contributed by atoms with Gasteiger partial charge in [0.2, 0.25) is 11.9 Å². The monoisotopic (exact) mass is 523 g/mol. The number of aromatic nitrogens is 2. The van der Waals surface area contributed by atoms with E-state index in [4.69, 9.17) is 12.2 Å². The summed E-state index contributed by atoms with van der Waals surface area (Å²) in [6, 6.07) is 14.8. The molecule has 0 aliphatic carbocycles. The van der Waals surface area contributed by atoms with Gasteiger partial charge in [-0.15, -0.1) is 0 Å². The van der Waals surface area contributed by atoms with Crippen LogP contribution in [0.15, 0.2) is 59.6 Å². The summed E-state index contributed by atoms with van der Waals surface area (Å²) >= 11 is 5.40. The topological polar surface area (TPSA) is 68.7 Å². The molecule has 37 heavy (non-hydrogen) atoms. The van der Waals surface area contributed by atoms with E-state index >= 15 is 0 Å². The largest absolute Gasteiger partial charge is 0.361 e. The Morgan fingerprint density at radius 1 is 0.919 bits per heavy atom. The molecule has 10 heteroatoms. The van der Waals surface area contributed by atoms with Gasteiger partial charge in [-0.25, -0.2) is 18.7 Å². The molecule has 0 saturated carbocycles. The highest BCUT2D eigenvalue weighted by atomic mass is 32.1. The van der Waals surface area contributed by atoms with Crippen LogP contribution in [0.25, 0.3) is 0 Å². The molecule has 1 fully saturated rings. The number of hydrogen-bond donors (Lipinski definition) is 2. The molecule has 194 valence electrons. The highest BCUT2D eigenvalue weighted by Gasteiger charge is 2.28. The zero-order valence-electron chi connectivity index (χ0n) is 21.2. The summed E-state index contributed by atoms with van der Waals surface area (Å²) in [5, 5.41) is 6.71. The molecule has 2 aromatic carbocycles. The molecule has 7 nitrogen and oxygen atoms in total. The SMILES string of the molecule is CCNC(=S)/N=C(/Nc1nc(C)cc(C)n1)N1CCN(C(c2ccc(F)cc2)c2ccc(F)cc2)CC1. The first-order chi connectivity index (χ1) is 17.8. The summed E-state index contributed by atoms with van der Waals surface area (Å²) in [6.07, 6.45) is 0. The van der Waals surface area contributed by atoms with Crippen molar-refractivity contribution in [1.82, 2.24) is 25.1 Å². The first kappa shape index (κ1) is 26.6. The van der Waals surface area contributed by atoms with Gasteiger partial charge in [0.15, 0.2) is 5.11 Å². The highest BCUT2D eigenvalue weighted by molar-refractivity contribution is 7.80. The van der Waals surface area contributed by atoms with Crippen molar-refractivity contribution in [2.24, 2.45) is 4.99 Å². The number of aryl methyl sites for hydroxylation is 2. The number of hydrogen-bond acceptors (Lipinski definition) is 4. The standard InChI is InChI=1S/C27H31F2N7S/c1-4-30-27(37)34-26(33-25-31-18(2)17-19(3)32-25)36-15-13-35(14-16-36)24(20-5-9-22(28)10-6-20)21-7-11-23(29)12-8-21/h5-12,17,24H,4,13-16H2,1-3H3,(H2,30,31,32,33,34,37). The Labute approximate surface area is 221 Å². The maximum atomic E-state index is 13.7. The molecule has 3 aromatic rings. The molecule has 2 heterocycles. The molecule has 1 aromatic heterocycles. The van der Waals surface area contributed by atoms with Crippen LogP contribution in [-0.4, -0.2) is 63.6 Å². The van der Waals surface area contributed by atoms with Gasteiger partial charge in [-0.1, -0.05) is 24.3 Å². The van der Waals surface area contributed by atoms with Crippen LogP contribution in [0, 0.1) is 25.5 Å². The molecule has 0 unspecified atom stereocenters. The third-order valence-corrected chi connectivity index (χ3v) is 6.33. The summed E-state index contributed by atoms with van der Waals surface area (Å²) in [5.41, 5.74) is 3.61. The number of nitrogens with one attached hydrogen (secondary N) is 2. The fraction of sp³-hybridized carbons (Fsp3) is 0.333. The van der Waals surface area contributed by atoms with E-state index in [0.29, 0.717) is 49.7 Å². The lowest BCUT2D eigenvalue weighted by atomic mass is 9.96. The van der Waals surface area contributed by atoms with Crippen LogP contribution < -0.4 is 10.6 Å². The van der Waals surface area contributed by atoms with E-state index in [-0.39, 0.29) is 17.7 Å². The predicted molar refractivity (Wildman–Crippen MR) is 147 cm³/mol. The van der Waals surface area contributed by atoms with Crippen LogP contribution in [0.2, 0.25) is 0 Å². The second kappa shape index (κ2) is 12.2. The van der Waals surface area contributed by atoms with Crippen molar-refractivity contribution >= 4 is 29.2 Å². The maximum Gasteiger partial charge on any atom is 0.229 e. The molecule has 2 N–H and O–H groups in total. The van der Waals surface area contributed by atoms with E-state index in [1.54, 1.807) is 24.3 Å². The van der Waals surface area contributed by atoms with Gasteiger partial charge in [-0.3, -0.25) is 10.2 Å². The molecule has 1 saturated heterocycles.